The summed E-state index contributed by atoms with van der Waals surface area (Å²) in [5, 5.41) is 2.58. The van der Waals surface area contributed by atoms with Crippen LogP contribution < -0.4 is 10.1 Å². The van der Waals surface area contributed by atoms with Crippen LogP contribution in [0.5, 0.6) is 5.88 Å². The summed E-state index contributed by atoms with van der Waals surface area (Å²) in [6, 6.07) is 2.68. The zero-order chi connectivity index (χ0) is 14.6. The quantitative estimate of drug-likeness (QED) is 0.923. The van der Waals surface area contributed by atoms with Gasteiger partial charge in [0.05, 0.1) is 11.9 Å². The average molecular weight is 290 g/mol. The maximum Gasteiger partial charge on any atom is 0.422 e. The number of amides is 1. The van der Waals surface area contributed by atoms with Crippen LogP contribution in [0.2, 0.25) is 0 Å². The van der Waals surface area contributed by atoms with Crippen LogP contribution in [0.1, 0.15) is 12.8 Å². The van der Waals surface area contributed by atoms with Crippen LogP contribution in [0.15, 0.2) is 18.3 Å². The first kappa shape index (κ1) is 14.6. The largest absolute Gasteiger partial charge is 0.468 e. The van der Waals surface area contributed by atoms with Gasteiger partial charge in [-0.2, -0.15) is 13.2 Å². The van der Waals surface area contributed by atoms with Crippen LogP contribution in [-0.4, -0.2) is 36.4 Å². The van der Waals surface area contributed by atoms with Gasteiger partial charge in [0.25, 0.3) is 5.91 Å². The van der Waals surface area contributed by atoms with Crippen molar-refractivity contribution < 1.29 is 27.4 Å². The first-order valence-corrected chi connectivity index (χ1v) is 6.02. The molecule has 1 aliphatic rings. The molecule has 0 radical (unpaired) electrons. The molecule has 1 aromatic rings. The summed E-state index contributed by atoms with van der Waals surface area (Å²) in [5.74, 6) is -0.439. The molecule has 8 heteroatoms. The summed E-state index contributed by atoms with van der Waals surface area (Å²) < 4.78 is 45.5. The van der Waals surface area contributed by atoms with Gasteiger partial charge in [-0.3, -0.25) is 4.79 Å². The summed E-state index contributed by atoms with van der Waals surface area (Å²) >= 11 is 0. The molecule has 1 aliphatic heterocycles. The molecule has 2 rings (SSSR count). The third-order valence-corrected chi connectivity index (χ3v) is 2.61. The molecule has 2 heterocycles. The summed E-state index contributed by atoms with van der Waals surface area (Å²) in [6.07, 6.45) is -2.16. The van der Waals surface area contributed by atoms with Crippen molar-refractivity contribution in [3.8, 4) is 5.88 Å². The van der Waals surface area contributed by atoms with Gasteiger partial charge in [0.15, 0.2) is 6.61 Å². The Hall–Kier alpha value is -1.83. The van der Waals surface area contributed by atoms with Gasteiger partial charge >= 0.3 is 6.18 Å². The number of rotatable bonds is 4. The maximum absolute atomic E-state index is 11.9. The molecular formula is C12H13F3N2O3. The second-order valence-electron chi connectivity index (χ2n) is 4.28. The lowest BCUT2D eigenvalue weighted by molar-refractivity contribution is -0.154. The highest BCUT2D eigenvalue weighted by atomic mass is 19.4. The van der Waals surface area contributed by atoms with Crippen molar-refractivity contribution in [2.45, 2.75) is 25.1 Å². The van der Waals surface area contributed by atoms with Crippen molar-refractivity contribution in [1.29, 1.82) is 0 Å². The monoisotopic (exact) mass is 290 g/mol. The van der Waals surface area contributed by atoms with Crippen LogP contribution >= 0.6 is 0 Å². The van der Waals surface area contributed by atoms with Gasteiger partial charge in [0.1, 0.15) is 6.10 Å². The molecule has 110 valence electrons. The van der Waals surface area contributed by atoms with E-state index in [1.807, 2.05) is 0 Å². The van der Waals surface area contributed by atoms with Crippen LogP contribution in [0.3, 0.4) is 0 Å². The minimum absolute atomic E-state index is 0.155. The minimum Gasteiger partial charge on any atom is -0.468 e. The number of hydrogen-bond donors (Lipinski definition) is 1. The average Bonchev–Trinajstić information content (AvgIpc) is 2.91. The molecule has 0 bridgehead atoms. The van der Waals surface area contributed by atoms with E-state index in [0.717, 1.165) is 6.42 Å². The lowest BCUT2D eigenvalue weighted by Gasteiger charge is -2.11. The molecule has 5 nitrogen and oxygen atoms in total. The van der Waals surface area contributed by atoms with Gasteiger partial charge < -0.3 is 14.8 Å². The van der Waals surface area contributed by atoms with Gasteiger partial charge in [-0.05, 0) is 18.9 Å². The molecule has 1 fully saturated rings. The summed E-state index contributed by atoms with van der Waals surface area (Å²) in [6.45, 7) is -0.845. The van der Waals surface area contributed by atoms with Crippen LogP contribution in [0.4, 0.5) is 18.9 Å². The van der Waals surface area contributed by atoms with E-state index in [0.29, 0.717) is 18.7 Å². The predicted molar refractivity (Wildman–Crippen MR) is 63.4 cm³/mol. The van der Waals surface area contributed by atoms with Crippen molar-refractivity contribution in [2.24, 2.45) is 0 Å². The summed E-state index contributed by atoms with van der Waals surface area (Å²) in [7, 11) is 0. The minimum atomic E-state index is -4.41. The van der Waals surface area contributed by atoms with Crippen molar-refractivity contribution >= 4 is 11.6 Å². The Morgan fingerprint density at radius 1 is 1.50 bits per heavy atom. The molecule has 1 saturated heterocycles. The number of nitrogens with one attached hydrogen (secondary N) is 1. The van der Waals surface area contributed by atoms with Gasteiger partial charge in [0.2, 0.25) is 5.88 Å². The Morgan fingerprint density at radius 3 is 2.85 bits per heavy atom. The highest BCUT2D eigenvalue weighted by molar-refractivity contribution is 5.94. The van der Waals surface area contributed by atoms with Gasteiger partial charge in [0, 0.05) is 12.7 Å². The number of ether oxygens (including phenoxy) is 2. The fourth-order valence-electron chi connectivity index (χ4n) is 1.70. The number of nitrogens with zero attached hydrogens (tertiary/aromatic N) is 1. The third kappa shape index (κ3) is 4.37. The molecule has 1 N–H and O–H groups in total. The molecule has 0 saturated carbocycles. The fourth-order valence-corrected chi connectivity index (χ4v) is 1.70. The Morgan fingerprint density at radius 2 is 2.30 bits per heavy atom. The summed E-state index contributed by atoms with van der Waals surface area (Å²) in [4.78, 5) is 15.4. The number of pyridine rings is 1. The van der Waals surface area contributed by atoms with Gasteiger partial charge in [-0.25, -0.2) is 4.98 Å². The number of hydrogen-bond acceptors (Lipinski definition) is 4. The first-order chi connectivity index (χ1) is 9.44. The highest BCUT2D eigenvalue weighted by Crippen LogP contribution is 2.19. The van der Waals surface area contributed by atoms with E-state index < -0.39 is 18.9 Å². The van der Waals surface area contributed by atoms with E-state index in [9.17, 15) is 18.0 Å². The van der Waals surface area contributed by atoms with E-state index in [1.165, 1.54) is 18.3 Å². The molecule has 1 aromatic heterocycles. The Bertz CT molecular complexity index is 456. The van der Waals surface area contributed by atoms with E-state index in [-0.39, 0.29) is 11.8 Å². The number of alkyl halides is 3. The van der Waals surface area contributed by atoms with Crippen molar-refractivity contribution in [3.05, 3.63) is 18.3 Å². The molecule has 0 aliphatic carbocycles. The molecule has 20 heavy (non-hydrogen) atoms. The smallest absolute Gasteiger partial charge is 0.422 e. The Labute approximate surface area is 113 Å². The van der Waals surface area contributed by atoms with Gasteiger partial charge in [-0.1, -0.05) is 0 Å². The maximum atomic E-state index is 11.9. The topological polar surface area (TPSA) is 60.5 Å². The molecular weight excluding hydrogens is 277 g/mol. The Kier molecular flexibility index (Phi) is 4.43. The highest BCUT2D eigenvalue weighted by Gasteiger charge is 2.28. The van der Waals surface area contributed by atoms with Gasteiger partial charge in [-0.15, -0.1) is 0 Å². The van der Waals surface area contributed by atoms with Crippen LogP contribution in [0.25, 0.3) is 0 Å². The fraction of sp³-hybridized carbons (Fsp3) is 0.500. The number of carbonyl (C=O) groups is 1. The molecule has 1 atom stereocenters. The zero-order valence-corrected chi connectivity index (χ0v) is 10.4. The van der Waals surface area contributed by atoms with Crippen molar-refractivity contribution in [2.75, 3.05) is 18.5 Å². The predicted octanol–water partition coefficient (Wildman–Crippen LogP) is 2.14. The molecule has 0 unspecified atom stereocenters. The molecule has 1 amide bonds. The van der Waals surface area contributed by atoms with E-state index >= 15 is 0 Å². The lowest BCUT2D eigenvalue weighted by Crippen LogP contribution is -2.26. The first-order valence-electron chi connectivity index (χ1n) is 6.02. The van der Waals surface area contributed by atoms with Crippen molar-refractivity contribution in [1.82, 2.24) is 4.98 Å². The number of aromatic nitrogens is 1. The number of halogens is 3. The van der Waals surface area contributed by atoms with Crippen molar-refractivity contribution in [3.63, 3.8) is 0 Å². The number of anilines is 1. The van der Waals surface area contributed by atoms with Crippen LogP contribution in [0, 0.1) is 0 Å². The van der Waals surface area contributed by atoms with Crippen LogP contribution in [-0.2, 0) is 9.53 Å². The zero-order valence-electron chi connectivity index (χ0n) is 10.4. The second kappa shape index (κ2) is 6.08. The molecule has 0 aromatic carbocycles. The summed E-state index contributed by atoms with van der Waals surface area (Å²) in [5.41, 5.74) is 0.379. The van der Waals surface area contributed by atoms with E-state index in [2.05, 4.69) is 15.0 Å². The normalized spacial score (nSPS) is 18.9. The molecule has 0 spiro atoms. The van der Waals surface area contributed by atoms with E-state index in [1.54, 1.807) is 0 Å². The third-order valence-electron chi connectivity index (χ3n) is 2.61. The standard InChI is InChI=1S/C12H13F3N2O3/c13-12(14,15)7-20-10-4-3-8(6-16-10)17-11(18)9-2-1-5-19-9/h3-4,6,9H,1-2,5,7H2,(H,17,18)/t9-/m1/s1. The SMILES string of the molecule is O=C(Nc1ccc(OCC(F)(F)F)nc1)[C@H]1CCCO1. The lowest BCUT2D eigenvalue weighted by atomic mass is 10.2. The number of carbonyl (C=O) groups excluding carboxylic acids is 1. The Balaban J connectivity index is 1.86. The van der Waals surface area contributed by atoms with E-state index in [4.69, 9.17) is 4.74 Å². The second-order valence-corrected chi connectivity index (χ2v) is 4.28.